The Morgan fingerprint density at radius 2 is 2.24 bits per heavy atom. The smallest absolute Gasteiger partial charge is 0.237 e. The number of benzene rings is 1. The van der Waals surface area contributed by atoms with Crippen LogP contribution in [0.4, 0.5) is 5.82 Å². The van der Waals surface area contributed by atoms with Crippen LogP contribution in [0.5, 0.6) is 0 Å². The van der Waals surface area contributed by atoms with E-state index < -0.39 is 0 Å². The maximum absolute atomic E-state index is 5.08. The van der Waals surface area contributed by atoms with Gasteiger partial charge in [-0.1, -0.05) is 0 Å². The molecule has 1 N–H and O–H groups in total. The van der Waals surface area contributed by atoms with Crippen molar-refractivity contribution in [2.24, 2.45) is 0 Å². The number of imidazole rings is 1. The first-order valence-corrected chi connectivity index (χ1v) is 7.54. The van der Waals surface area contributed by atoms with Crippen LogP contribution in [-0.4, -0.2) is 39.8 Å². The topological polar surface area (TPSA) is 64.9 Å². The fourth-order valence-corrected chi connectivity index (χ4v) is 2.48. The van der Waals surface area contributed by atoms with Gasteiger partial charge in [0.2, 0.25) is 5.95 Å². The largest absolute Gasteiger partial charge is 0.383 e. The lowest BCUT2D eigenvalue weighted by Crippen LogP contribution is -2.11. The number of halogens is 1. The van der Waals surface area contributed by atoms with Crippen LogP contribution < -0.4 is 5.32 Å². The standard InChI is InChI=1S/C14H14IN5O/c1-21-7-5-17-13-11-8-10(15)2-3-12(11)18-14(19-13)20-6-4-16-9-20/h2-4,6,8-9H,5,7H2,1H3,(H,17,18,19). The lowest BCUT2D eigenvalue weighted by Gasteiger charge is -2.11. The number of nitrogens with one attached hydrogen (secondary N) is 1. The highest BCUT2D eigenvalue weighted by Gasteiger charge is 2.09. The van der Waals surface area contributed by atoms with Crippen LogP contribution in [-0.2, 0) is 4.74 Å². The van der Waals surface area contributed by atoms with Crippen molar-refractivity contribution in [3.8, 4) is 5.95 Å². The molecule has 0 radical (unpaired) electrons. The van der Waals surface area contributed by atoms with Crippen LogP contribution in [0.1, 0.15) is 0 Å². The molecule has 1 aromatic carbocycles. The van der Waals surface area contributed by atoms with E-state index in [1.165, 1.54) is 0 Å². The van der Waals surface area contributed by atoms with E-state index in [1.807, 2.05) is 18.3 Å². The lowest BCUT2D eigenvalue weighted by molar-refractivity contribution is 0.210. The van der Waals surface area contributed by atoms with Crippen LogP contribution >= 0.6 is 22.6 Å². The average Bonchev–Trinajstić information content (AvgIpc) is 3.02. The Morgan fingerprint density at radius 3 is 3.00 bits per heavy atom. The number of nitrogens with zero attached hydrogens (tertiary/aromatic N) is 4. The van der Waals surface area contributed by atoms with Gasteiger partial charge in [0.05, 0.1) is 12.1 Å². The average molecular weight is 395 g/mol. The predicted octanol–water partition coefficient (Wildman–Crippen LogP) is 2.48. The van der Waals surface area contributed by atoms with Gasteiger partial charge >= 0.3 is 0 Å². The number of ether oxygens (including phenoxy) is 1. The van der Waals surface area contributed by atoms with E-state index in [-0.39, 0.29) is 0 Å². The molecule has 0 aliphatic heterocycles. The van der Waals surface area contributed by atoms with Crippen LogP contribution in [0.15, 0.2) is 36.9 Å². The van der Waals surface area contributed by atoms with Crippen LogP contribution in [0.3, 0.4) is 0 Å². The van der Waals surface area contributed by atoms with Crippen molar-refractivity contribution in [1.82, 2.24) is 19.5 Å². The molecular formula is C14H14IN5O. The van der Waals surface area contributed by atoms with Crippen LogP contribution in [0.2, 0.25) is 0 Å². The zero-order chi connectivity index (χ0) is 14.7. The van der Waals surface area contributed by atoms with Crippen LogP contribution in [0.25, 0.3) is 16.9 Å². The number of hydrogen-bond donors (Lipinski definition) is 1. The third-order valence-electron chi connectivity index (χ3n) is 2.98. The Kier molecular flexibility index (Phi) is 4.30. The van der Waals surface area contributed by atoms with Crippen molar-refractivity contribution in [2.75, 3.05) is 25.6 Å². The Bertz CT molecular complexity index is 744. The number of hydrogen-bond acceptors (Lipinski definition) is 5. The zero-order valence-electron chi connectivity index (χ0n) is 11.5. The van der Waals surface area contributed by atoms with E-state index >= 15 is 0 Å². The van der Waals surface area contributed by atoms with Gasteiger partial charge in [0.1, 0.15) is 12.1 Å². The molecular weight excluding hydrogens is 381 g/mol. The first-order valence-electron chi connectivity index (χ1n) is 6.46. The highest BCUT2D eigenvalue weighted by atomic mass is 127. The lowest BCUT2D eigenvalue weighted by atomic mass is 10.2. The van der Waals surface area contributed by atoms with Gasteiger partial charge in [-0.25, -0.2) is 9.97 Å². The second kappa shape index (κ2) is 6.35. The molecule has 7 heteroatoms. The van der Waals surface area contributed by atoms with Gasteiger partial charge in [-0.3, -0.25) is 4.57 Å². The van der Waals surface area contributed by atoms with Gasteiger partial charge < -0.3 is 10.1 Å². The monoisotopic (exact) mass is 395 g/mol. The van der Waals surface area contributed by atoms with E-state index in [0.29, 0.717) is 19.1 Å². The van der Waals surface area contributed by atoms with Crippen molar-refractivity contribution < 1.29 is 4.74 Å². The molecule has 0 spiro atoms. The summed E-state index contributed by atoms with van der Waals surface area (Å²) in [5.41, 5.74) is 0.897. The fraction of sp³-hybridized carbons (Fsp3) is 0.214. The molecule has 0 unspecified atom stereocenters. The first-order chi connectivity index (χ1) is 10.3. The molecule has 0 atom stereocenters. The van der Waals surface area contributed by atoms with Gasteiger partial charge in [0, 0.05) is 35.0 Å². The van der Waals surface area contributed by atoms with Crippen molar-refractivity contribution in [3.63, 3.8) is 0 Å². The molecule has 2 aromatic heterocycles. The third kappa shape index (κ3) is 3.13. The summed E-state index contributed by atoms with van der Waals surface area (Å²) in [7, 11) is 1.68. The normalized spacial score (nSPS) is 11.0. The first kappa shape index (κ1) is 14.2. The summed E-state index contributed by atoms with van der Waals surface area (Å²) in [5.74, 6) is 1.40. The number of aromatic nitrogens is 4. The Labute approximate surface area is 135 Å². The second-order valence-corrected chi connectivity index (χ2v) is 5.67. The maximum Gasteiger partial charge on any atom is 0.237 e. The predicted molar refractivity (Wildman–Crippen MR) is 89.7 cm³/mol. The minimum Gasteiger partial charge on any atom is -0.383 e. The minimum atomic E-state index is 0.598. The van der Waals surface area contributed by atoms with Crippen molar-refractivity contribution in [3.05, 3.63) is 40.5 Å². The second-order valence-electron chi connectivity index (χ2n) is 4.42. The molecule has 3 aromatic rings. The maximum atomic E-state index is 5.08. The quantitative estimate of drug-likeness (QED) is 0.531. The molecule has 0 saturated carbocycles. The van der Waals surface area contributed by atoms with Gasteiger partial charge in [-0.15, -0.1) is 0 Å². The molecule has 0 aliphatic rings. The molecule has 0 aliphatic carbocycles. The molecule has 6 nitrogen and oxygen atoms in total. The number of fused-ring (bicyclic) bond motifs is 1. The number of rotatable bonds is 5. The molecule has 21 heavy (non-hydrogen) atoms. The van der Waals surface area contributed by atoms with Crippen molar-refractivity contribution in [2.45, 2.75) is 0 Å². The summed E-state index contributed by atoms with van der Waals surface area (Å²) in [4.78, 5) is 13.2. The highest BCUT2D eigenvalue weighted by molar-refractivity contribution is 14.1. The molecule has 2 heterocycles. The Morgan fingerprint density at radius 1 is 1.33 bits per heavy atom. The number of anilines is 1. The van der Waals surface area contributed by atoms with E-state index in [4.69, 9.17) is 4.74 Å². The van der Waals surface area contributed by atoms with Gasteiger partial charge in [0.15, 0.2) is 0 Å². The van der Waals surface area contributed by atoms with Gasteiger partial charge in [-0.2, -0.15) is 4.98 Å². The summed E-state index contributed by atoms with van der Waals surface area (Å²) in [6.45, 7) is 1.31. The third-order valence-corrected chi connectivity index (χ3v) is 3.65. The summed E-state index contributed by atoms with van der Waals surface area (Å²) in [6, 6.07) is 6.11. The van der Waals surface area contributed by atoms with Crippen LogP contribution in [0, 0.1) is 3.57 Å². The highest BCUT2D eigenvalue weighted by Crippen LogP contribution is 2.23. The fourth-order valence-electron chi connectivity index (χ4n) is 1.99. The van der Waals surface area contributed by atoms with Crippen molar-refractivity contribution in [1.29, 1.82) is 0 Å². The minimum absolute atomic E-state index is 0.598. The van der Waals surface area contributed by atoms with Crippen molar-refractivity contribution >= 4 is 39.3 Å². The summed E-state index contributed by atoms with van der Waals surface area (Å²) >= 11 is 2.29. The summed E-state index contributed by atoms with van der Waals surface area (Å²) < 4.78 is 8.02. The van der Waals surface area contributed by atoms with E-state index in [2.05, 4.69) is 48.9 Å². The molecule has 0 amide bonds. The van der Waals surface area contributed by atoms with Gasteiger partial charge in [0.25, 0.3) is 0 Å². The molecule has 108 valence electrons. The SMILES string of the molecule is COCCNc1nc(-n2ccnc2)nc2ccc(I)cc12. The molecule has 0 fully saturated rings. The summed E-state index contributed by atoms with van der Waals surface area (Å²) in [5, 5.41) is 4.31. The molecule has 0 saturated heterocycles. The van der Waals surface area contributed by atoms with E-state index in [9.17, 15) is 0 Å². The molecule has 3 rings (SSSR count). The van der Waals surface area contributed by atoms with Gasteiger partial charge in [-0.05, 0) is 40.8 Å². The zero-order valence-corrected chi connectivity index (χ0v) is 13.6. The molecule has 0 bridgehead atoms. The Hall–Kier alpha value is -1.74. The Balaban J connectivity index is 2.09. The number of methoxy groups -OCH3 is 1. The van der Waals surface area contributed by atoms with E-state index in [1.54, 1.807) is 24.2 Å². The summed E-state index contributed by atoms with van der Waals surface area (Å²) in [6.07, 6.45) is 5.22. The van der Waals surface area contributed by atoms with E-state index in [0.717, 1.165) is 20.3 Å².